The predicted molar refractivity (Wildman–Crippen MR) is 217 cm³/mol. The van der Waals surface area contributed by atoms with Gasteiger partial charge >= 0.3 is 6.18 Å². The van der Waals surface area contributed by atoms with Crippen LogP contribution in [0.15, 0.2) is 66.7 Å². The fraction of sp³-hybridized carbons (Fsp3) is 0.425. The molecule has 1 saturated heterocycles. The number of pyridine rings is 1. The number of anilines is 1. The number of sulfonamides is 1. The number of likely N-dealkylation sites (tertiary alicyclic amines) is 1. The van der Waals surface area contributed by atoms with E-state index in [0.717, 1.165) is 23.5 Å². The van der Waals surface area contributed by atoms with Crippen molar-refractivity contribution < 1.29 is 45.4 Å². The van der Waals surface area contributed by atoms with Crippen LogP contribution in [0.4, 0.5) is 18.3 Å². The van der Waals surface area contributed by atoms with Gasteiger partial charge in [-0.1, -0.05) is 50.6 Å². The Bertz CT molecular complexity index is 2440. The van der Waals surface area contributed by atoms with Gasteiger partial charge in [0, 0.05) is 39.1 Å². The van der Waals surface area contributed by atoms with E-state index >= 15 is 0 Å². The maximum atomic E-state index is 14.8. The van der Waals surface area contributed by atoms with Crippen LogP contribution in [0.5, 0.6) is 11.6 Å². The summed E-state index contributed by atoms with van der Waals surface area (Å²) < 4.78 is 80.0. The number of fused-ring (bicyclic) bond motifs is 1. The number of alkyl halides is 3. The zero-order chi connectivity index (χ0) is 42.7. The number of nitrogens with one attached hydrogen (secondary N) is 3. The summed E-state index contributed by atoms with van der Waals surface area (Å²) in [6.45, 7) is 9.08. The van der Waals surface area contributed by atoms with Crippen LogP contribution in [-0.4, -0.2) is 83.6 Å². The van der Waals surface area contributed by atoms with E-state index in [1.165, 1.54) is 36.4 Å². The minimum absolute atomic E-state index is 0.0437. The van der Waals surface area contributed by atoms with E-state index in [1.54, 1.807) is 44.4 Å². The average Bonchev–Trinajstić information content (AvgIpc) is 4.06. The van der Waals surface area contributed by atoms with Crippen molar-refractivity contribution in [1.82, 2.24) is 24.9 Å². The van der Waals surface area contributed by atoms with Crippen LogP contribution in [0.25, 0.3) is 22.0 Å². The second-order valence-electron chi connectivity index (χ2n) is 16.0. The number of ether oxygens (including phenoxy) is 2. The lowest BCUT2D eigenvalue weighted by Gasteiger charge is -2.35. The van der Waals surface area contributed by atoms with Gasteiger partial charge in [0.2, 0.25) is 27.7 Å². The van der Waals surface area contributed by atoms with Gasteiger partial charge in [0.1, 0.15) is 29.5 Å². The summed E-state index contributed by atoms with van der Waals surface area (Å²) in [6.07, 6.45) is -1.50. The normalized spacial score (nSPS) is 22.4. The van der Waals surface area contributed by atoms with E-state index in [4.69, 9.17) is 21.1 Å². The summed E-state index contributed by atoms with van der Waals surface area (Å²) in [5.74, 6) is -2.05. The Kier molecular flexibility index (Phi) is 11.1. The first kappa shape index (κ1) is 42.2. The van der Waals surface area contributed by atoms with Gasteiger partial charge < -0.3 is 25.0 Å². The SMILES string of the molecule is C=C[C@@H]1C[C@]1(NC(=O)[C@@H]1C[C@@H](Oc2ncc(OC)c3ccc(Cl)cc23)CN1C(=O)[C@@H](Nc1nc(-c2cccc(C(F)(F)F)c2)cs1)C(C)(C)C)C(=O)NS(=O)(=O)C1CC1. The van der Waals surface area contributed by atoms with Crippen LogP contribution in [0.1, 0.15) is 52.0 Å². The van der Waals surface area contributed by atoms with Crippen molar-refractivity contribution in [3.05, 3.63) is 77.3 Å². The van der Waals surface area contributed by atoms with Crippen molar-refractivity contribution in [2.24, 2.45) is 11.3 Å². The van der Waals surface area contributed by atoms with Gasteiger partial charge in [-0.2, -0.15) is 13.2 Å². The lowest BCUT2D eigenvalue weighted by Crippen LogP contribution is -2.58. The molecule has 2 aromatic carbocycles. The Labute approximate surface area is 347 Å². The van der Waals surface area contributed by atoms with Crippen LogP contribution in [0.3, 0.4) is 0 Å². The number of methoxy groups -OCH3 is 1. The number of hydrogen-bond donors (Lipinski definition) is 3. The molecule has 59 heavy (non-hydrogen) atoms. The van der Waals surface area contributed by atoms with Crippen molar-refractivity contribution in [3.63, 3.8) is 0 Å². The quantitative estimate of drug-likeness (QED) is 0.125. The van der Waals surface area contributed by atoms with Gasteiger partial charge in [-0.05, 0) is 55.0 Å². The van der Waals surface area contributed by atoms with Gasteiger partial charge in [0.25, 0.3) is 5.91 Å². The molecule has 3 heterocycles. The molecule has 2 saturated carbocycles. The van der Waals surface area contributed by atoms with Crippen molar-refractivity contribution in [1.29, 1.82) is 0 Å². The first-order chi connectivity index (χ1) is 27.7. The largest absolute Gasteiger partial charge is 0.494 e. The second kappa shape index (κ2) is 15.6. The molecule has 0 radical (unpaired) electrons. The van der Waals surface area contributed by atoms with Crippen molar-refractivity contribution in [2.45, 2.75) is 81.6 Å². The van der Waals surface area contributed by atoms with Crippen LogP contribution in [-0.2, 0) is 30.6 Å². The summed E-state index contributed by atoms with van der Waals surface area (Å²) in [5.41, 5.74) is -2.75. The number of hydrogen-bond acceptors (Lipinski definition) is 11. The Balaban J connectivity index is 1.19. The van der Waals surface area contributed by atoms with Crippen molar-refractivity contribution in [3.8, 4) is 22.9 Å². The smallest absolute Gasteiger partial charge is 0.416 e. The zero-order valence-corrected chi connectivity index (χ0v) is 34.8. The highest BCUT2D eigenvalue weighted by Gasteiger charge is 2.62. The highest BCUT2D eigenvalue weighted by molar-refractivity contribution is 7.91. The maximum Gasteiger partial charge on any atom is 0.416 e. The summed E-state index contributed by atoms with van der Waals surface area (Å²) >= 11 is 7.45. The zero-order valence-electron chi connectivity index (χ0n) is 32.4. The Morgan fingerprint density at radius 1 is 1.12 bits per heavy atom. The number of nitrogens with zero attached hydrogens (tertiary/aromatic N) is 3. The van der Waals surface area contributed by atoms with E-state index < -0.39 is 79.8 Å². The first-order valence-electron chi connectivity index (χ1n) is 18.7. The van der Waals surface area contributed by atoms with Gasteiger partial charge in [-0.15, -0.1) is 17.9 Å². The van der Waals surface area contributed by atoms with E-state index in [-0.39, 0.29) is 41.7 Å². The minimum Gasteiger partial charge on any atom is -0.494 e. The molecule has 3 fully saturated rings. The number of benzene rings is 2. The molecule has 7 rings (SSSR count). The van der Waals surface area contributed by atoms with Crippen LogP contribution in [0, 0.1) is 11.3 Å². The average molecular weight is 875 g/mol. The second-order valence-corrected chi connectivity index (χ2v) is 19.3. The number of thiazole rings is 1. The molecular weight excluding hydrogens is 833 g/mol. The molecule has 2 aliphatic carbocycles. The summed E-state index contributed by atoms with van der Waals surface area (Å²) in [5, 5.41) is 8.69. The third-order valence-corrected chi connectivity index (χ3v) is 13.6. The highest BCUT2D eigenvalue weighted by Crippen LogP contribution is 2.46. The van der Waals surface area contributed by atoms with E-state index in [2.05, 4.69) is 31.9 Å². The lowest BCUT2D eigenvalue weighted by atomic mass is 9.85. The lowest BCUT2D eigenvalue weighted by molar-refractivity contribution is -0.141. The summed E-state index contributed by atoms with van der Waals surface area (Å²) in [7, 11) is -2.45. The number of amides is 3. The monoisotopic (exact) mass is 874 g/mol. The number of carbonyl (C=O) groups is 3. The molecule has 19 heteroatoms. The van der Waals surface area contributed by atoms with Crippen molar-refractivity contribution in [2.75, 3.05) is 19.0 Å². The van der Waals surface area contributed by atoms with Crippen LogP contribution < -0.4 is 24.8 Å². The third kappa shape index (κ3) is 8.71. The molecule has 4 aromatic rings. The highest BCUT2D eigenvalue weighted by atomic mass is 35.5. The van der Waals surface area contributed by atoms with Crippen LogP contribution >= 0.6 is 22.9 Å². The van der Waals surface area contributed by atoms with Gasteiger partial charge in [0.15, 0.2) is 5.13 Å². The number of rotatable bonds is 13. The van der Waals surface area contributed by atoms with E-state index in [1.807, 2.05) is 0 Å². The van der Waals surface area contributed by atoms with Gasteiger partial charge in [0.05, 0.1) is 36.4 Å². The molecular formula is C40H42ClF3N6O7S2. The Hall–Kier alpha value is -4.94. The molecule has 0 bridgehead atoms. The summed E-state index contributed by atoms with van der Waals surface area (Å²) in [6, 6.07) is 7.63. The Morgan fingerprint density at radius 3 is 2.51 bits per heavy atom. The number of carbonyl (C=O) groups excluding carboxylic acids is 3. The fourth-order valence-electron chi connectivity index (χ4n) is 7.24. The first-order valence-corrected chi connectivity index (χ1v) is 21.5. The van der Waals surface area contributed by atoms with E-state index in [0.29, 0.717) is 34.4 Å². The maximum absolute atomic E-state index is 14.8. The molecule has 0 spiro atoms. The Morgan fingerprint density at radius 2 is 1.86 bits per heavy atom. The van der Waals surface area contributed by atoms with Gasteiger partial charge in [-0.25, -0.2) is 18.4 Å². The number of halogens is 4. The molecule has 3 aliphatic rings. The molecule has 5 atom stereocenters. The summed E-state index contributed by atoms with van der Waals surface area (Å²) in [4.78, 5) is 53.2. The molecule has 2 aromatic heterocycles. The van der Waals surface area contributed by atoms with E-state index in [9.17, 15) is 36.0 Å². The molecule has 3 N–H and O–H groups in total. The molecule has 0 unspecified atom stereocenters. The molecule has 13 nitrogen and oxygen atoms in total. The fourth-order valence-corrected chi connectivity index (χ4v) is 9.52. The topological polar surface area (TPSA) is 169 Å². The number of aromatic nitrogens is 2. The standard InChI is InChI=1S/C40H42ClF3N6O7S2/c1-6-22-17-39(22,36(53)49-59(54,55)26-11-12-26)48-33(51)30-16-25(57-34-28-15-24(41)10-13-27(28)31(56-5)18-45-34)19-50(30)35(52)32(38(2,3)4)47-37-46-29(20-58-37)21-8-7-9-23(14-21)40(42,43)44/h6-10,13-15,18,20,22,25-26,30,32H,1,11-12,16-17,19H2,2-5H3,(H,46,47)(H,48,51)(H,49,53)/t22-,25-,30+,32-,39-/m1/s1. The minimum atomic E-state index is -4.55. The van der Waals surface area contributed by atoms with Gasteiger partial charge in [-0.3, -0.25) is 19.1 Å². The molecule has 314 valence electrons. The van der Waals surface area contributed by atoms with Crippen molar-refractivity contribution >= 4 is 66.6 Å². The van der Waals surface area contributed by atoms with Crippen LogP contribution in [0.2, 0.25) is 5.02 Å². The molecule has 1 aliphatic heterocycles. The predicted octanol–water partition coefficient (Wildman–Crippen LogP) is 6.58. The molecule has 3 amide bonds. The third-order valence-electron chi connectivity index (χ3n) is 10.7.